The minimum atomic E-state index is -3.49. The van der Waals surface area contributed by atoms with E-state index in [1.54, 1.807) is 16.4 Å². The van der Waals surface area contributed by atoms with Crippen LogP contribution in [-0.2, 0) is 22.2 Å². The van der Waals surface area contributed by atoms with Crippen molar-refractivity contribution in [3.8, 4) is 0 Å². The first-order valence-corrected chi connectivity index (χ1v) is 13.3. The molecule has 0 spiro atoms. The average Bonchev–Trinajstić information content (AvgIpc) is 2.83. The second-order valence-electron chi connectivity index (χ2n) is 7.65. The number of nitrogens with one attached hydrogen (secondary N) is 1. The molecule has 0 bridgehead atoms. The van der Waals surface area contributed by atoms with Gasteiger partial charge in [-0.2, -0.15) is 19.3 Å². The molecule has 3 N–H and O–H groups in total. The Balaban J connectivity index is 1.43. The fourth-order valence-corrected chi connectivity index (χ4v) is 5.79. The molecular formula is C22H27N7O2S2. The number of sulfonamides is 1. The maximum Gasteiger partial charge on any atom is 0.244 e. The van der Waals surface area contributed by atoms with Crippen LogP contribution in [0.4, 0.5) is 17.6 Å². The van der Waals surface area contributed by atoms with E-state index >= 15 is 0 Å². The Morgan fingerprint density at radius 3 is 2.58 bits per heavy atom. The summed E-state index contributed by atoms with van der Waals surface area (Å²) in [7, 11) is -3.49. The standard InChI is InChI=1S/C22H27N7O2S2/c1-2-16-8-4-5-9-18(16)25-22-27-19(26-21(23)28-22)15-32-20-11-10-17(14-24-20)33(30,31)29-12-6-3-7-13-29/h4-5,8-11,14H,2-3,6-7,12-13,15H2,1H3,(H3,23,25,26,27,28). The second-order valence-corrected chi connectivity index (χ2v) is 10.6. The van der Waals surface area contributed by atoms with Crippen molar-refractivity contribution >= 4 is 39.4 Å². The van der Waals surface area contributed by atoms with E-state index in [-0.39, 0.29) is 10.8 Å². The van der Waals surface area contributed by atoms with Crippen LogP contribution in [0.15, 0.2) is 52.5 Å². The van der Waals surface area contributed by atoms with E-state index < -0.39 is 10.0 Å². The summed E-state index contributed by atoms with van der Waals surface area (Å²) in [5.74, 6) is 1.45. The molecular weight excluding hydrogens is 458 g/mol. The summed E-state index contributed by atoms with van der Waals surface area (Å²) in [6.07, 6.45) is 5.17. The van der Waals surface area contributed by atoms with Crippen molar-refractivity contribution < 1.29 is 8.42 Å². The van der Waals surface area contributed by atoms with E-state index in [0.29, 0.717) is 35.6 Å². The van der Waals surface area contributed by atoms with Crippen molar-refractivity contribution in [2.75, 3.05) is 24.1 Å². The summed E-state index contributed by atoms with van der Waals surface area (Å²) in [5.41, 5.74) is 7.97. The van der Waals surface area contributed by atoms with E-state index in [2.05, 4.69) is 32.2 Å². The van der Waals surface area contributed by atoms with Crippen LogP contribution in [0.3, 0.4) is 0 Å². The molecule has 1 aliphatic heterocycles. The van der Waals surface area contributed by atoms with Gasteiger partial charge in [-0.3, -0.25) is 0 Å². The summed E-state index contributed by atoms with van der Waals surface area (Å²) in [6, 6.07) is 11.3. The Labute approximate surface area is 198 Å². The molecule has 1 fully saturated rings. The first kappa shape index (κ1) is 23.4. The first-order chi connectivity index (χ1) is 16.0. The maximum absolute atomic E-state index is 12.8. The number of aryl methyl sites for hydroxylation is 1. The maximum atomic E-state index is 12.8. The number of benzene rings is 1. The number of para-hydroxylation sites is 1. The molecule has 1 aromatic carbocycles. The highest BCUT2D eigenvalue weighted by atomic mass is 32.2. The highest BCUT2D eigenvalue weighted by Gasteiger charge is 2.26. The lowest BCUT2D eigenvalue weighted by atomic mass is 10.1. The Morgan fingerprint density at radius 2 is 1.85 bits per heavy atom. The molecule has 9 nitrogen and oxygen atoms in total. The molecule has 174 valence electrons. The predicted octanol–water partition coefficient (Wildman–Crippen LogP) is 3.62. The molecule has 0 atom stereocenters. The fraction of sp³-hybridized carbons (Fsp3) is 0.364. The topological polar surface area (TPSA) is 127 Å². The molecule has 0 amide bonds. The summed E-state index contributed by atoms with van der Waals surface area (Å²) in [6.45, 7) is 3.22. The minimum Gasteiger partial charge on any atom is -0.368 e. The van der Waals surface area contributed by atoms with Crippen LogP contribution in [-0.4, -0.2) is 45.7 Å². The molecule has 0 radical (unpaired) electrons. The van der Waals surface area contributed by atoms with Gasteiger partial charge in [0.15, 0.2) is 0 Å². The highest BCUT2D eigenvalue weighted by Crippen LogP contribution is 2.25. The van der Waals surface area contributed by atoms with Crippen LogP contribution in [0, 0.1) is 0 Å². The zero-order valence-corrected chi connectivity index (χ0v) is 20.1. The number of nitrogens with two attached hydrogens (primary N) is 1. The zero-order valence-electron chi connectivity index (χ0n) is 18.4. The van der Waals surface area contributed by atoms with Crippen LogP contribution >= 0.6 is 11.8 Å². The molecule has 33 heavy (non-hydrogen) atoms. The van der Waals surface area contributed by atoms with Crippen LogP contribution in [0.5, 0.6) is 0 Å². The van der Waals surface area contributed by atoms with Gasteiger partial charge in [-0.1, -0.05) is 43.3 Å². The minimum absolute atomic E-state index is 0.132. The third-order valence-corrected chi connectivity index (χ3v) is 8.18. The Hall–Kier alpha value is -2.76. The smallest absolute Gasteiger partial charge is 0.244 e. The van der Waals surface area contributed by atoms with Crippen LogP contribution in [0.1, 0.15) is 37.6 Å². The molecule has 1 saturated heterocycles. The lowest BCUT2D eigenvalue weighted by Gasteiger charge is -2.25. The summed E-state index contributed by atoms with van der Waals surface area (Å²) < 4.78 is 27.1. The number of thioether (sulfide) groups is 1. The average molecular weight is 486 g/mol. The summed E-state index contributed by atoms with van der Waals surface area (Å²) in [4.78, 5) is 17.4. The molecule has 3 heterocycles. The third kappa shape index (κ3) is 5.79. The number of hydrogen-bond acceptors (Lipinski definition) is 9. The summed E-state index contributed by atoms with van der Waals surface area (Å²) in [5, 5.41) is 3.90. The molecule has 0 aliphatic carbocycles. The van der Waals surface area contributed by atoms with Gasteiger partial charge in [0, 0.05) is 25.0 Å². The number of nitrogen functional groups attached to an aromatic ring is 1. The normalized spacial score (nSPS) is 14.8. The van der Waals surface area contributed by atoms with Gasteiger partial charge in [0.25, 0.3) is 0 Å². The number of hydrogen-bond donors (Lipinski definition) is 2. The van der Waals surface area contributed by atoms with Gasteiger partial charge in [0.1, 0.15) is 10.7 Å². The van der Waals surface area contributed by atoms with Gasteiger partial charge in [0.05, 0.1) is 10.8 Å². The molecule has 1 aliphatic rings. The monoisotopic (exact) mass is 485 g/mol. The quantitative estimate of drug-likeness (QED) is 0.460. The summed E-state index contributed by atoms with van der Waals surface area (Å²) >= 11 is 1.40. The molecule has 0 unspecified atom stereocenters. The lowest BCUT2D eigenvalue weighted by Crippen LogP contribution is -2.35. The van der Waals surface area contributed by atoms with Crippen molar-refractivity contribution in [2.45, 2.75) is 48.3 Å². The number of anilines is 3. The first-order valence-electron chi connectivity index (χ1n) is 10.9. The Kier molecular flexibility index (Phi) is 7.41. The van der Waals surface area contributed by atoms with Crippen molar-refractivity contribution in [2.24, 2.45) is 0 Å². The van der Waals surface area contributed by atoms with Crippen LogP contribution < -0.4 is 11.1 Å². The number of piperidine rings is 1. The van der Waals surface area contributed by atoms with Gasteiger partial charge < -0.3 is 11.1 Å². The van der Waals surface area contributed by atoms with Crippen molar-refractivity contribution in [1.82, 2.24) is 24.2 Å². The van der Waals surface area contributed by atoms with Crippen LogP contribution in [0.25, 0.3) is 0 Å². The van der Waals surface area contributed by atoms with E-state index in [1.165, 1.54) is 18.0 Å². The lowest BCUT2D eigenvalue weighted by molar-refractivity contribution is 0.346. The SMILES string of the molecule is CCc1ccccc1Nc1nc(N)nc(CSc2ccc(S(=O)(=O)N3CCCCC3)cn2)n1. The van der Waals surface area contributed by atoms with Crippen molar-refractivity contribution in [1.29, 1.82) is 0 Å². The molecule has 3 aromatic rings. The second kappa shape index (κ2) is 10.4. The highest BCUT2D eigenvalue weighted by molar-refractivity contribution is 7.98. The van der Waals surface area contributed by atoms with E-state index in [9.17, 15) is 8.42 Å². The van der Waals surface area contributed by atoms with Gasteiger partial charge in [-0.15, -0.1) is 0 Å². The predicted molar refractivity (Wildman–Crippen MR) is 130 cm³/mol. The van der Waals surface area contributed by atoms with E-state index in [1.807, 2.05) is 24.3 Å². The molecule has 4 rings (SSSR count). The van der Waals surface area contributed by atoms with Crippen LogP contribution in [0.2, 0.25) is 0 Å². The molecule has 11 heteroatoms. The van der Waals surface area contributed by atoms with Gasteiger partial charge in [0.2, 0.25) is 21.9 Å². The largest absolute Gasteiger partial charge is 0.368 e. The van der Waals surface area contributed by atoms with Gasteiger partial charge in [-0.05, 0) is 43.0 Å². The molecule has 0 saturated carbocycles. The van der Waals surface area contributed by atoms with E-state index in [4.69, 9.17) is 5.73 Å². The van der Waals surface area contributed by atoms with Gasteiger partial charge in [-0.25, -0.2) is 13.4 Å². The van der Waals surface area contributed by atoms with E-state index in [0.717, 1.165) is 36.9 Å². The zero-order chi connectivity index (χ0) is 23.3. The fourth-order valence-electron chi connectivity index (χ4n) is 3.63. The Bertz CT molecular complexity index is 1200. The van der Waals surface area contributed by atoms with Crippen molar-refractivity contribution in [3.05, 3.63) is 54.0 Å². The molecule has 2 aromatic heterocycles. The number of aromatic nitrogens is 4. The number of rotatable bonds is 8. The number of nitrogens with zero attached hydrogens (tertiary/aromatic N) is 5. The van der Waals surface area contributed by atoms with Gasteiger partial charge >= 0.3 is 0 Å². The third-order valence-electron chi connectivity index (χ3n) is 5.35. The Morgan fingerprint density at radius 1 is 1.06 bits per heavy atom. The van der Waals surface area contributed by atoms with Crippen molar-refractivity contribution in [3.63, 3.8) is 0 Å². The number of pyridine rings is 1.